The predicted molar refractivity (Wildman–Crippen MR) is 94.1 cm³/mol. The van der Waals surface area contributed by atoms with Crippen molar-refractivity contribution in [3.63, 3.8) is 0 Å². The monoisotopic (exact) mass is 354 g/mol. The maximum atomic E-state index is 12.9. The molecule has 7 nitrogen and oxygen atoms in total. The Kier molecular flexibility index (Phi) is 8.75. The van der Waals surface area contributed by atoms with Gasteiger partial charge < -0.3 is 0 Å². The molecule has 0 aromatic rings. The lowest BCUT2D eigenvalue weighted by atomic mass is 10.1. The zero-order valence-electron chi connectivity index (χ0n) is 15.8. The van der Waals surface area contributed by atoms with E-state index in [-0.39, 0.29) is 25.3 Å². The van der Waals surface area contributed by atoms with E-state index in [4.69, 9.17) is 0 Å². The second kappa shape index (κ2) is 10.3. The van der Waals surface area contributed by atoms with Gasteiger partial charge >= 0.3 is 18.0 Å². The minimum absolute atomic E-state index is 0.151. The van der Waals surface area contributed by atoms with Crippen LogP contribution in [0.2, 0.25) is 0 Å². The molecule has 1 aliphatic heterocycles. The van der Waals surface area contributed by atoms with E-state index in [1.165, 1.54) is 0 Å². The highest BCUT2D eigenvalue weighted by Gasteiger charge is 2.61. The Morgan fingerprint density at radius 2 is 1.44 bits per heavy atom. The lowest BCUT2D eigenvalue weighted by Gasteiger charge is -2.32. The number of imide groups is 3. The van der Waals surface area contributed by atoms with Gasteiger partial charge in [0, 0.05) is 6.42 Å². The second-order valence-electron chi connectivity index (χ2n) is 6.60. The summed E-state index contributed by atoms with van der Waals surface area (Å²) in [5, 5.41) is 3.06. The minimum Gasteiger partial charge on any atom is -0.269 e. The number of carbonyl (C=O) groups excluding carboxylic acids is 4. The van der Waals surface area contributed by atoms with Gasteiger partial charge in [0.2, 0.25) is 0 Å². The molecule has 1 rings (SSSR count). The molecule has 6 amide bonds. The van der Waals surface area contributed by atoms with E-state index < -0.39 is 22.6 Å². The van der Waals surface area contributed by atoms with E-state index >= 15 is 0 Å². The normalized spacial score (nSPS) is 20.0. The molecule has 1 saturated heterocycles. The number of quaternary nitrogens is 1. The molecule has 7 heteroatoms. The van der Waals surface area contributed by atoms with Crippen molar-refractivity contribution in [2.75, 3.05) is 6.54 Å². The Bertz CT molecular complexity index is 507. The van der Waals surface area contributed by atoms with Gasteiger partial charge in [-0.1, -0.05) is 62.5 Å². The molecule has 1 aliphatic rings. The fourth-order valence-corrected chi connectivity index (χ4v) is 3.07. The fourth-order valence-electron chi connectivity index (χ4n) is 3.07. The topological polar surface area (TPSA) is 83.6 Å². The van der Waals surface area contributed by atoms with Gasteiger partial charge in [0.15, 0.2) is 0 Å². The molecule has 0 spiro atoms. The van der Waals surface area contributed by atoms with Gasteiger partial charge in [-0.3, -0.25) is 4.79 Å². The fraction of sp³-hybridized carbons (Fsp3) is 0.778. The summed E-state index contributed by atoms with van der Waals surface area (Å²) in [5.74, 6) is -0.814. The molecular formula is C18H32N3O4+. The Morgan fingerprint density at radius 1 is 0.880 bits per heavy atom. The van der Waals surface area contributed by atoms with Crippen LogP contribution in [-0.2, 0) is 9.59 Å². The van der Waals surface area contributed by atoms with Crippen LogP contribution in [0.1, 0.15) is 85.0 Å². The van der Waals surface area contributed by atoms with Crippen LogP contribution in [0.15, 0.2) is 0 Å². The summed E-state index contributed by atoms with van der Waals surface area (Å²) in [6, 6.07) is -1.46. The van der Waals surface area contributed by atoms with Crippen molar-refractivity contribution in [2.24, 2.45) is 0 Å². The molecule has 0 bridgehead atoms. The van der Waals surface area contributed by atoms with Crippen molar-refractivity contribution in [1.82, 2.24) is 10.3 Å². The average Bonchev–Trinajstić information content (AvgIpc) is 2.84. The van der Waals surface area contributed by atoms with Gasteiger partial charge in [-0.2, -0.15) is 0 Å². The third-order valence-electron chi connectivity index (χ3n) is 4.56. The molecule has 0 saturated carbocycles. The zero-order chi connectivity index (χ0) is 18.9. The van der Waals surface area contributed by atoms with Gasteiger partial charge in [0.05, 0.1) is 6.42 Å². The smallest absolute Gasteiger partial charge is 0.269 e. The number of hydrogen-bond acceptors (Lipinski definition) is 4. The summed E-state index contributed by atoms with van der Waals surface area (Å²) >= 11 is 0. The number of carbonyl (C=O) groups is 4. The van der Waals surface area contributed by atoms with Crippen LogP contribution in [0.25, 0.3) is 0 Å². The van der Waals surface area contributed by atoms with Gasteiger partial charge in [0.1, 0.15) is 6.54 Å². The quantitative estimate of drug-likeness (QED) is 0.451. The van der Waals surface area contributed by atoms with Gasteiger partial charge in [-0.15, -0.1) is 0 Å². The molecule has 1 atom stereocenters. The maximum Gasteiger partial charge on any atom is 0.457 e. The molecule has 25 heavy (non-hydrogen) atoms. The summed E-state index contributed by atoms with van der Waals surface area (Å²) in [4.78, 5) is 50.4. The van der Waals surface area contributed by atoms with Crippen LogP contribution >= 0.6 is 0 Å². The molecule has 0 aromatic heterocycles. The van der Waals surface area contributed by atoms with Crippen molar-refractivity contribution in [3.8, 4) is 0 Å². The molecule has 0 aromatic carbocycles. The number of nitrogens with one attached hydrogen (secondary N) is 1. The van der Waals surface area contributed by atoms with E-state index in [0.29, 0.717) is 19.3 Å². The van der Waals surface area contributed by atoms with E-state index in [0.717, 1.165) is 37.1 Å². The lowest BCUT2D eigenvalue weighted by molar-refractivity contribution is -0.863. The van der Waals surface area contributed by atoms with Crippen molar-refractivity contribution in [2.45, 2.75) is 85.0 Å². The average molecular weight is 354 g/mol. The zero-order valence-corrected chi connectivity index (χ0v) is 15.8. The van der Waals surface area contributed by atoms with Gasteiger partial charge in [0.25, 0.3) is 5.91 Å². The summed E-state index contributed by atoms with van der Waals surface area (Å²) in [6.07, 6.45) is 6.65. The SMILES string of the molecule is CCCCCC(=O)N1C(=O)NC(=O)[N+]1(CCCC)C(=O)CCCCC. The van der Waals surface area contributed by atoms with E-state index in [1.807, 2.05) is 20.8 Å². The molecule has 1 heterocycles. The Balaban J connectivity index is 3.09. The van der Waals surface area contributed by atoms with Crippen molar-refractivity contribution in [1.29, 1.82) is 0 Å². The maximum absolute atomic E-state index is 12.9. The third kappa shape index (κ3) is 4.87. The number of unbranched alkanes of at least 4 members (excludes halogenated alkanes) is 5. The van der Waals surface area contributed by atoms with Crippen LogP contribution < -0.4 is 5.32 Å². The van der Waals surface area contributed by atoms with Crippen LogP contribution in [0, 0.1) is 0 Å². The number of amides is 6. The first kappa shape index (κ1) is 21.3. The van der Waals surface area contributed by atoms with E-state index in [2.05, 4.69) is 5.32 Å². The van der Waals surface area contributed by atoms with Gasteiger partial charge in [-0.25, -0.2) is 19.7 Å². The van der Waals surface area contributed by atoms with Crippen LogP contribution in [0.3, 0.4) is 0 Å². The number of nitrogens with zero attached hydrogens (tertiary/aromatic N) is 2. The van der Waals surface area contributed by atoms with Gasteiger partial charge in [-0.05, 0) is 19.3 Å². The number of urea groups is 2. The first-order chi connectivity index (χ1) is 11.9. The second-order valence-corrected chi connectivity index (χ2v) is 6.60. The lowest BCUT2D eigenvalue weighted by Crippen LogP contribution is -2.64. The van der Waals surface area contributed by atoms with Crippen LogP contribution in [-0.4, -0.2) is 40.0 Å². The van der Waals surface area contributed by atoms with Crippen LogP contribution in [0.5, 0.6) is 0 Å². The highest BCUT2D eigenvalue weighted by atomic mass is 16.3. The van der Waals surface area contributed by atoms with Crippen molar-refractivity contribution < 1.29 is 23.8 Å². The molecule has 1 unspecified atom stereocenters. The summed E-state index contributed by atoms with van der Waals surface area (Å²) in [6.45, 7) is 6.15. The highest BCUT2D eigenvalue weighted by Crippen LogP contribution is 2.26. The van der Waals surface area contributed by atoms with Crippen molar-refractivity contribution in [3.05, 3.63) is 0 Å². The Labute approximate surface area is 150 Å². The molecular weight excluding hydrogens is 322 g/mol. The third-order valence-corrected chi connectivity index (χ3v) is 4.56. The van der Waals surface area contributed by atoms with Crippen LogP contribution in [0.4, 0.5) is 9.59 Å². The molecule has 1 fully saturated rings. The predicted octanol–water partition coefficient (Wildman–Crippen LogP) is 3.88. The Hall–Kier alpha value is -1.76. The molecule has 142 valence electrons. The standard InChI is InChI=1S/C18H31N3O4/c1-4-7-10-12-15(22)20-17(24)19-18(25)21(20,14-9-6-3)16(23)13-11-8-5-2/h4-14H2,1-3H3/p+1. The minimum atomic E-state index is -0.804. The number of rotatable bonds is 11. The largest absolute Gasteiger partial charge is 0.457 e. The molecule has 0 aliphatic carbocycles. The Morgan fingerprint density at radius 3 is 2.00 bits per heavy atom. The van der Waals surface area contributed by atoms with E-state index in [9.17, 15) is 19.2 Å². The summed E-state index contributed by atoms with van der Waals surface area (Å²) in [5.41, 5.74) is 0. The first-order valence-electron chi connectivity index (χ1n) is 9.56. The first-order valence-corrected chi connectivity index (χ1v) is 9.56. The molecule has 0 radical (unpaired) electrons. The number of hydrogen-bond donors (Lipinski definition) is 1. The van der Waals surface area contributed by atoms with E-state index in [1.54, 1.807) is 0 Å². The summed E-state index contributed by atoms with van der Waals surface area (Å²) < 4.78 is -0.804. The highest BCUT2D eigenvalue weighted by molar-refractivity contribution is 6.07. The summed E-state index contributed by atoms with van der Waals surface area (Å²) in [7, 11) is 0. The van der Waals surface area contributed by atoms with Crippen molar-refractivity contribution >= 4 is 23.9 Å². The molecule has 1 N–H and O–H groups in total.